The van der Waals surface area contributed by atoms with Crippen molar-refractivity contribution in [2.45, 2.75) is 20.3 Å². The molecule has 0 saturated heterocycles. The molecule has 33 heavy (non-hydrogen) atoms. The van der Waals surface area contributed by atoms with Gasteiger partial charge in [0.1, 0.15) is 27.9 Å². The van der Waals surface area contributed by atoms with E-state index in [9.17, 15) is 9.59 Å². The lowest BCUT2D eigenvalue weighted by molar-refractivity contribution is -0.132. The van der Waals surface area contributed by atoms with Gasteiger partial charge in [0, 0.05) is 25.2 Å². The fourth-order valence-electron chi connectivity index (χ4n) is 2.98. The molecule has 176 valence electrons. The summed E-state index contributed by atoms with van der Waals surface area (Å²) in [5.41, 5.74) is 8.59. The van der Waals surface area contributed by atoms with Crippen molar-refractivity contribution in [3.63, 3.8) is 0 Å². The van der Waals surface area contributed by atoms with Crippen LogP contribution in [0.25, 0.3) is 0 Å². The molecule has 0 radical (unpaired) electrons. The molecule has 2 rings (SSSR count). The number of amides is 2. The summed E-state index contributed by atoms with van der Waals surface area (Å²) >= 11 is 11.0. The minimum Gasteiger partial charge on any atom is -0.497 e. The van der Waals surface area contributed by atoms with Crippen molar-refractivity contribution in [2.75, 3.05) is 28.3 Å². The van der Waals surface area contributed by atoms with Gasteiger partial charge in [-0.05, 0) is 49.2 Å². The van der Waals surface area contributed by atoms with Crippen LogP contribution < -0.4 is 20.3 Å². The SMILES string of the molecule is COc1ccc(C)c(C(=S)N(C)NC(=O)CC(=O)NN(C)C(=S)c2cc(OC)ccc2C)c1. The zero-order chi connectivity index (χ0) is 24.7. The molecular weight excluding hydrogens is 460 g/mol. The maximum absolute atomic E-state index is 12.4. The number of rotatable bonds is 6. The van der Waals surface area contributed by atoms with E-state index < -0.39 is 18.2 Å². The number of thiocarbonyl (C=S) groups is 2. The predicted molar refractivity (Wildman–Crippen MR) is 135 cm³/mol. The van der Waals surface area contributed by atoms with Gasteiger partial charge in [-0.25, -0.2) is 0 Å². The Morgan fingerprint density at radius 2 is 1.15 bits per heavy atom. The van der Waals surface area contributed by atoms with Gasteiger partial charge in [-0.1, -0.05) is 36.6 Å². The normalized spacial score (nSPS) is 10.1. The number of carbonyl (C=O) groups excluding carboxylic acids is 2. The van der Waals surface area contributed by atoms with Crippen molar-refractivity contribution in [1.29, 1.82) is 0 Å². The molecule has 2 N–H and O–H groups in total. The Balaban J connectivity index is 1.95. The summed E-state index contributed by atoms with van der Waals surface area (Å²) in [6, 6.07) is 11.0. The van der Waals surface area contributed by atoms with E-state index in [1.165, 1.54) is 10.0 Å². The second-order valence-corrected chi connectivity index (χ2v) is 8.11. The van der Waals surface area contributed by atoms with Crippen LogP contribution in [0.1, 0.15) is 28.7 Å². The van der Waals surface area contributed by atoms with Crippen LogP contribution in [-0.2, 0) is 9.59 Å². The zero-order valence-electron chi connectivity index (χ0n) is 19.5. The largest absolute Gasteiger partial charge is 0.497 e. The maximum atomic E-state index is 12.4. The summed E-state index contributed by atoms with van der Waals surface area (Å²) in [4.78, 5) is 25.6. The van der Waals surface area contributed by atoms with E-state index in [0.29, 0.717) is 21.5 Å². The Labute approximate surface area is 204 Å². The fraction of sp³-hybridized carbons (Fsp3) is 0.304. The van der Waals surface area contributed by atoms with Crippen LogP contribution in [0.4, 0.5) is 0 Å². The molecule has 2 aromatic rings. The lowest BCUT2D eigenvalue weighted by Gasteiger charge is -2.24. The first-order valence-electron chi connectivity index (χ1n) is 10.0. The summed E-state index contributed by atoms with van der Waals surface area (Å²) in [5.74, 6) is 0.272. The summed E-state index contributed by atoms with van der Waals surface area (Å²) < 4.78 is 10.5. The first kappa shape index (κ1) is 26.0. The Bertz CT molecular complexity index is 991. The number of hydrogen-bond acceptors (Lipinski definition) is 6. The lowest BCUT2D eigenvalue weighted by atomic mass is 10.1. The van der Waals surface area contributed by atoms with Gasteiger partial charge in [0.05, 0.1) is 14.2 Å². The molecule has 0 atom stereocenters. The lowest BCUT2D eigenvalue weighted by Crippen LogP contribution is -2.47. The van der Waals surface area contributed by atoms with Crippen LogP contribution in [0, 0.1) is 13.8 Å². The minimum absolute atomic E-state index is 0.395. The molecule has 0 unspecified atom stereocenters. The van der Waals surface area contributed by atoms with Gasteiger partial charge in [0.2, 0.25) is 11.8 Å². The Morgan fingerprint density at radius 1 is 0.788 bits per heavy atom. The number of nitrogens with one attached hydrogen (secondary N) is 2. The number of carbonyl (C=O) groups is 2. The standard InChI is InChI=1S/C23H28N4O4S2/c1-14-7-9-16(30-5)11-18(14)22(32)26(3)24-20(28)13-21(29)25-27(4)23(33)19-12-17(31-6)10-8-15(19)2/h7-12H,13H2,1-6H3,(H,24,28)(H,25,29). The fourth-order valence-corrected chi connectivity index (χ4v) is 3.51. The molecule has 0 aromatic heterocycles. The van der Waals surface area contributed by atoms with E-state index in [1.54, 1.807) is 40.4 Å². The maximum Gasteiger partial charge on any atom is 0.248 e. The molecular formula is C23H28N4O4S2. The molecule has 8 nitrogen and oxygen atoms in total. The Hall–Kier alpha value is -3.24. The predicted octanol–water partition coefficient (Wildman–Crippen LogP) is 2.69. The number of aryl methyl sites for hydroxylation is 2. The van der Waals surface area contributed by atoms with E-state index in [2.05, 4.69) is 10.9 Å². The Morgan fingerprint density at radius 3 is 1.48 bits per heavy atom. The van der Waals surface area contributed by atoms with Crippen LogP contribution in [0.15, 0.2) is 36.4 Å². The van der Waals surface area contributed by atoms with Gasteiger partial charge in [-0.15, -0.1) is 0 Å². The molecule has 0 spiro atoms. The third-order valence-electron chi connectivity index (χ3n) is 4.87. The average molecular weight is 489 g/mol. The topological polar surface area (TPSA) is 83.1 Å². The van der Waals surface area contributed by atoms with E-state index >= 15 is 0 Å². The number of ether oxygens (including phenoxy) is 2. The summed E-state index contributed by atoms with van der Waals surface area (Å²) in [6.45, 7) is 3.82. The second kappa shape index (κ2) is 11.6. The number of hydrazine groups is 2. The van der Waals surface area contributed by atoms with E-state index in [0.717, 1.165) is 22.3 Å². The van der Waals surface area contributed by atoms with Crippen LogP contribution >= 0.6 is 24.4 Å². The highest BCUT2D eigenvalue weighted by molar-refractivity contribution is 7.80. The molecule has 2 aromatic carbocycles. The van der Waals surface area contributed by atoms with Gasteiger partial charge >= 0.3 is 0 Å². The highest BCUT2D eigenvalue weighted by Gasteiger charge is 2.18. The highest BCUT2D eigenvalue weighted by Crippen LogP contribution is 2.19. The number of nitrogens with zero attached hydrogens (tertiary/aromatic N) is 2. The molecule has 0 saturated carbocycles. The quantitative estimate of drug-likeness (QED) is 0.365. The summed E-state index contributed by atoms with van der Waals surface area (Å²) in [7, 11) is 6.37. The van der Waals surface area contributed by atoms with Crippen molar-refractivity contribution < 1.29 is 19.1 Å². The summed E-state index contributed by atoms with van der Waals surface area (Å²) in [6.07, 6.45) is -0.409. The molecule has 0 aliphatic heterocycles. The van der Waals surface area contributed by atoms with Gasteiger partial charge in [-0.2, -0.15) is 0 Å². The molecule has 10 heteroatoms. The van der Waals surface area contributed by atoms with E-state index in [1.807, 2.05) is 38.1 Å². The number of benzene rings is 2. The average Bonchev–Trinajstić information content (AvgIpc) is 2.78. The third kappa shape index (κ3) is 6.87. The monoisotopic (exact) mass is 488 g/mol. The molecule has 2 amide bonds. The van der Waals surface area contributed by atoms with Gasteiger partial charge < -0.3 is 9.47 Å². The van der Waals surface area contributed by atoms with Crippen LogP contribution in [0.2, 0.25) is 0 Å². The molecule has 0 heterocycles. The van der Waals surface area contributed by atoms with Crippen molar-refractivity contribution in [1.82, 2.24) is 20.9 Å². The van der Waals surface area contributed by atoms with Gasteiger partial charge in [0.25, 0.3) is 0 Å². The van der Waals surface area contributed by atoms with Gasteiger partial charge in [-0.3, -0.25) is 30.5 Å². The number of hydrogen-bond donors (Lipinski definition) is 2. The minimum atomic E-state index is -0.519. The molecule has 0 aliphatic carbocycles. The van der Waals surface area contributed by atoms with E-state index in [-0.39, 0.29) is 0 Å². The van der Waals surface area contributed by atoms with Crippen LogP contribution in [-0.4, -0.2) is 60.1 Å². The Kier molecular flexibility index (Phi) is 9.12. The first-order chi connectivity index (χ1) is 15.6. The van der Waals surface area contributed by atoms with Crippen molar-refractivity contribution in [3.05, 3.63) is 58.7 Å². The zero-order valence-corrected chi connectivity index (χ0v) is 21.1. The molecule has 0 aliphatic rings. The van der Waals surface area contributed by atoms with Crippen molar-refractivity contribution in [3.8, 4) is 11.5 Å². The van der Waals surface area contributed by atoms with Crippen LogP contribution in [0.3, 0.4) is 0 Å². The first-order valence-corrected chi connectivity index (χ1v) is 10.8. The second-order valence-electron chi connectivity index (χ2n) is 7.34. The molecule has 0 fully saturated rings. The van der Waals surface area contributed by atoms with E-state index in [4.69, 9.17) is 33.9 Å². The smallest absolute Gasteiger partial charge is 0.248 e. The van der Waals surface area contributed by atoms with Crippen molar-refractivity contribution in [2.24, 2.45) is 0 Å². The molecule has 0 bridgehead atoms. The third-order valence-corrected chi connectivity index (χ3v) is 5.85. The highest BCUT2D eigenvalue weighted by atomic mass is 32.1. The van der Waals surface area contributed by atoms with Gasteiger partial charge in [0.15, 0.2) is 0 Å². The van der Waals surface area contributed by atoms with Crippen LogP contribution in [0.5, 0.6) is 11.5 Å². The number of methoxy groups -OCH3 is 2. The summed E-state index contributed by atoms with van der Waals surface area (Å²) in [5, 5.41) is 2.81. The van der Waals surface area contributed by atoms with Crippen molar-refractivity contribution >= 4 is 46.2 Å².